The van der Waals surface area contributed by atoms with Crippen LogP contribution in [0, 0.1) is 0 Å². The van der Waals surface area contributed by atoms with E-state index in [1.54, 1.807) is 0 Å². The topological polar surface area (TPSA) is 35.5 Å². The molecule has 0 amide bonds. The molecule has 0 saturated carbocycles. The third-order valence-electron chi connectivity index (χ3n) is 3.13. The molecule has 0 aliphatic carbocycles. The molecule has 0 aromatic carbocycles. The van der Waals surface area contributed by atoms with Gasteiger partial charge < -0.3 is 9.47 Å². The Morgan fingerprint density at radius 3 is 3.05 bits per heavy atom. The summed E-state index contributed by atoms with van der Waals surface area (Å²) in [6, 6.07) is 1.96. The second kappa shape index (κ2) is 7.74. The Morgan fingerprint density at radius 2 is 2.30 bits per heavy atom. The Kier molecular flexibility index (Phi) is 6.56. The van der Waals surface area contributed by atoms with Crippen LogP contribution in [0.25, 0.3) is 9.40 Å². The molecule has 2 aromatic rings. The molecule has 2 aromatic heterocycles. The van der Waals surface area contributed by atoms with Gasteiger partial charge in [-0.15, -0.1) is 35.3 Å². The first kappa shape index (κ1) is 17.0. The number of ether oxygens (including phenoxy) is 2. The van der Waals surface area contributed by atoms with Crippen LogP contribution in [0.15, 0.2) is 20.5 Å². The summed E-state index contributed by atoms with van der Waals surface area (Å²) in [4.78, 5) is 12.3. The van der Waals surface area contributed by atoms with Crippen molar-refractivity contribution in [3.05, 3.63) is 27.2 Å². The molecular weight excluding hydrogens is 323 g/mol. The Hall–Kier alpha value is 0.600. The van der Waals surface area contributed by atoms with Crippen LogP contribution in [0.2, 0.25) is 0 Å². The van der Waals surface area contributed by atoms with Crippen molar-refractivity contribution in [3.8, 4) is 0 Å². The molecule has 0 bridgehead atoms. The quantitative estimate of drug-likeness (QED) is 0.690. The van der Waals surface area contributed by atoms with Gasteiger partial charge in [0.1, 0.15) is 0 Å². The van der Waals surface area contributed by atoms with E-state index in [0.717, 1.165) is 39.5 Å². The zero-order valence-electron chi connectivity index (χ0n) is 10.3. The number of thiophene rings is 1. The summed E-state index contributed by atoms with van der Waals surface area (Å²) < 4.78 is 13.7. The van der Waals surface area contributed by atoms with Crippen LogP contribution in [0.4, 0.5) is 0 Å². The molecule has 3 nitrogen and oxygen atoms in total. The molecule has 3 heterocycles. The second-order valence-electron chi connectivity index (χ2n) is 4.44. The zero-order valence-corrected chi connectivity index (χ0v) is 12.8. The predicted octanol–water partition coefficient (Wildman–Crippen LogP) is 3.01. The molecule has 104 valence electrons. The van der Waals surface area contributed by atoms with Gasteiger partial charge >= 0.3 is 29.6 Å². The summed E-state index contributed by atoms with van der Waals surface area (Å²) >= 11 is 7.42. The zero-order chi connectivity index (χ0) is 13.2. The predicted molar refractivity (Wildman–Crippen MR) is 88.8 cm³/mol. The fourth-order valence-electron chi connectivity index (χ4n) is 2.09. The van der Waals surface area contributed by atoms with Crippen molar-refractivity contribution in [2.24, 2.45) is 0 Å². The maximum atomic E-state index is 12.3. The summed E-state index contributed by atoms with van der Waals surface area (Å²) in [6.07, 6.45) is 2.94. The van der Waals surface area contributed by atoms with Crippen molar-refractivity contribution < 1.29 is 9.47 Å². The minimum atomic E-state index is -0.176. The van der Waals surface area contributed by atoms with Crippen molar-refractivity contribution >= 4 is 74.3 Å². The number of hydrogen-bond acceptors (Lipinski definition) is 6. The van der Waals surface area contributed by atoms with Crippen LogP contribution in [-0.2, 0) is 16.1 Å². The summed E-state index contributed by atoms with van der Waals surface area (Å²) in [7, 11) is 0. The molecule has 0 radical (unpaired) electrons. The monoisotopic (exact) mass is 338 g/mol. The van der Waals surface area contributed by atoms with Crippen LogP contribution in [0.1, 0.15) is 24.8 Å². The summed E-state index contributed by atoms with van der Waals surface area (Å²) in [6.45, 7) is 1.03. The van der Waals surface area contributed by atoms with Gasteiger partial charge in [-0.25, -0.2) is 0 Å². The van der Waals surface area contributed by atoms with Crippen molar-refractivity contribution in [3.63, 3.8) is 0 Å². The van der Waals surface area contributed by atoms with Gasteiger partial charge in [-0.05, 0) is 30.7 Å². The van der Waals surface area contributed by atoms with E-state index in [1.807, 2.05) is 11.4 Å². The summed E-state index contributed by atoms with van der Waals surface area (Å²) in [5.74, 6) is 0. The molecule has 20 heavy (non-hydrogen) atoms. The molecule has 1 unspecified atom stereocenters. The van der Waals surface area contributed by atoms with E-state index in [-0.39, 0.29) is 47.9 Å². The van der Waals surface area contributed by atoms with Crippen LogP contribution in [-0.4, -0.2) is 42.5 Å². The van der Waals surface area contributed by atoms with Crippen LogP contribution < -0.4 is 5.43 Å². The minimum absolute atomic E-state index is 0. The normalized spacial score (nSPS) is 18.9. The van der Waals surface area contributed by atoms with E-state index < -0.39 is 0 Å². The van der Waals surface area contributed by atoms with E-state index in [2.05, 4.69) is 12.6 Å². The van der Waals surface area contributed by atoms with Gasteiger partial charge in [0.05, 0.1) is 25.8 Å². The second-order valence-corrected chi connectivity index (χ2v) is 7.15. The molecule has 7 heteroatoms. The fourth-order valence-corrected chi connectivity index (χ4v) is 4.47. The molecule has 0 spiro atoms. The number of hydrogen-bond donors (Lipinski definition) is 1. The molecule has 1 fully saturated rings. The standard InChI is InChI=1S/C13H14O3S3.Na.H/c14-11-8(7-16-10-3-1-2-5-15-10)13(17)19-9-4-6-18-12(9)11;;/h4,6,10,17H,1-3,5,7H2;;. The third-order valence-corrected chi connectivity index (χ3v) is 5.71. The van der Waals surface area contributed by atoms with Crippen molar-refractivity contribution in [1.29, 1.82) is 0 Å². The first-order valence-corrected chi connectivity index (χ1v) is 8.35. The number of rotatable bonds is 3. The SMILES string of the molecule is O=c1c(COC2CCCCO2)c(S)sc2ccsc12.[NaH]. The molecule has 1 aliphatic rings. The van der Waals surface area contributed by atoms with Crippen molar-refractivity contribution in [1.82, 2.24) is 0 Å². The first-order valence-electron chi connectivity index (χ1n) is 6.21. The average molecular weight is 338 g/mol. The Morgan fingerprint density at radius 1 is 1.45 bits per heavy atom. The van der Waals surface area contributed by atoms with E-state index >= 15 is 0 Å². The van der Waals surface area contributed by atoms with E-state index in [0.29, 0.717) is 5.56 Å². The van der Waals surface area contributed by atoms with Crippen LogP contribution in [0.5, 0.6) is 0 Å². The van der Waals surface area contributed by atoms with E-state index in [1.165, 1.54) is 22.7 Å². The number of thiol groups is 1. The number of fused-ring (bicyclic) bond motifs is 1. The van der Waals surface area contributed by atoms with Crippen molar-refractivity contribution in [2.75, 3.05) is 6.61 Å². The molecular formula is C13H15NaO3S3. The Labute approximate surface area is 153 Å². The molecule has 1 aliphatic heterocycles. The van der Waals surface area contributed by atoms with Gasteiger partial charge in [0.2, 0.25) is 5.43 Å². The Balaban J connectivity index is 0.00000147. The van der Waals surface area contributed by atoms with Gasteiger partial charge in [-0.3, -0.25) is 4.79 Å². The van der Waals surface area contributed by atoms with Gasteiger partial charge in [0, 0.05) is 6.61 Å². The third kappa shape index (κ3) is 3.67. The van der Waals surface area contributed by atoms with Gasteiger partial charge in [-0.2, -0.15) is 0 Å². The van der Waals surface area contributed by atoms with Crippen molar-refractivity contribution in [2.45, 2.75) is 36.4 Å². The molecule has 3 rings (SSSR count). The van der Waals surface area contributed by atoms with E-state index in [4.69, 9.17) is 9.47 Å². The van der Waals surface area contributed by atoms with Crippen LogP contribution in [0.3, 0.4) is 0 Å². The van der Waals surface area contributed by atoms with Gasteiger partial charge in [-0.1, -0.05) is 0 Å². The van der Waals surface area contributed by atoms with Gasteiger partial charge in [0.25, 0.3) is 0 Å². The maximum absolute atomic E-state index is 12.3. The summed E-state index contributed by atoms with van der Waals surface area (Å²) in [5.41, 5.74) is 0.696. The molecule has 0 N–H and O–H groups in total. The molecule has 1 saturated heterocycles. The summed E-state index contributed by atoms with van der Waals surface area (Å²) in [5, 5.41) is 1.94. The average Bonchev–Trinajstić information content (AvgIpc) is 2.88. The van der Waals surface area contributed by atoms with Crippen LogP contribution >= 0.6 is 35.3 Å². The first-order chi connectivity index (χ1) is 9.25. The fraction of sp³-hybridized carbons (Fsp3) is 0.462. The van der Waals surface area contributed by atoms with Gasteiger partial charge in [0.15, 0.2) is 6.29 Å². The Bertz CT molecular complexity index is 631. The molecule has 1 atom stereocenters. The van der Waals surface area contributed by atoms with E-state index in [9.17, 15) is 4.79 Å².